The van der Waals surface area contributed by atoms with Crippen LogP contribution in [0.3, 0.4) is 0 Å². The minimum absolute atomic E-state index is 0.169. The third-order valence-electron chi connectivity index (χ3n) is 9.46. The lowest BCUT2D eigenvalue weighted by atomic mass is 9.99. The smallest absolute Gasteiger partial charge is 0.406 e. The molecule has 0 bridgehead atoms. The van der Waals surface area contributed by atoms with Gasteiger partial charge in [-0.3, -0.25) is 19.5 Å². The molecule has 5 aromatic carbocycles. The van der Waals surface area contributed by atoms with Crippen LogP contribution in [0.1, 0.15) is 21.5 Å². The number of rotatable bonds is 10. The molecule has 1 N–H and O–H groups in total. The van der Waals surface area contributed by atoms with Crippen LogP contribution < -0.4 is 24.2 Å². The number of halogens is 3. The molecule has 1 heterocycles. The second-order valence-corrected chi connectivity index (χ2v) is 14.8. The summed E-state index contributed by atoms with van der Waals surface area (Å²) in [5, 5.41) is 0. The summed E-state index contributed by atoms with van der Waals surface area (Å²) < 4.78 is 70.1. The van der Waals surface area contributed by atoms with E-state index in [0.29, 0.717) is 16.9 Å². The number of urea groups is 1. The third-order valence-corrected chi connectivity index (χ3v) is 10.8. The Bertz CT molecular complexity index is 2250. The first-order valence-electron chi connectivity index (χ1n) is 17.4. The second-order valence-electron chi connectivity index (χ2n) is 13.2. The molecule has 10 nitrogen and oxygen atoms in total. The van der Waals surface area contributed by atoms with Gasteiger partial charge in [-0.15, -0.1) is 13.2 Å². The van der Waals surface area contributed by atoms with E-state index in [-0.39, 0.29) is 10.5 Å². The SMILES string of the molecule is Cc1cc(S(=O)(=O)NC(=O)c2ccc(N3CCN(Cc4ccccc4-c4ccccc4)CC3)cc2)ccc1N(C)C(=O)N(C)c1ccc(OC(F)(F)F)cc1. The van der Waals surface area contributed by atoms with Crippen molar-refractivity contribution < 1.29 is 35.9 Å². The van der Waals surface area contributed by atoms with Gasteiger partial charge in [0.25, 0.3) is 15.9 Å². The van der Waals surface area contributed by atoms with Crippen molar-refractivity contribution in [3.8, 4) is 16.9 Å². The number of sulfonamides is 1. The fourth-order valence-corrected chi connectivity index (χ4v) is 7.57. The van der Waals surface area contributed by atoms with Crippen molar-refractivity contribution in [2.45, 2.75) is 24.7 Å². The lowest BCUT2D eigenvalue weighted by molar-refractivity contribution is -0.274. The molecule has 1 aliphatic heterocycles. The molecule has 1 fully saturated rings. The number of nitrogens with zero attached hydrogens (tertiary/aromatic N) is 4. The van der Waals surface area contributed by atoms with Crippen LogP contribution in [0.25, 0.3) is 11.1 Å². The number of piperazine rings is 1. The topological polar surface area (TPSA) is 102 Å². The van der Waals surface area contributed by atoms with Crippen LogP contribution in [0.5, 0.6) is 5.75 Å². The molecule has 0 aromatic heterocycles. The maximum Gasteiger partial charge on any atom is 0.573 e. The largest absolute Gasteiger partial charge is 0.573 e. The fourth-order valence-electron chi connectivity index (χ4n) is 6.51. The number of aryl methyl sites for hydroxylation is 1. The lowest BCUT2D eigenvalue weighted by Crippen LogP contribution is -2.46. The summed E-state index contributed by atoms with van der Waals surface area (Å²) >= 11 is 0. The highest BCUT2D eigenvalue weighted by molar-refractivity contribution is 7.90. The molecule has 1 aliphatic rings. The molecular formula is C41H40F3N5O5S. The molecule has 0 unspecified atom stereocenters. The maximum atomic E-state index is 13.3. The van der Waals surface area contributed by atoms with Crippen LogP contribution in [0, 0.1) is 6.92 Å². The van der Waals surface area contributed by atoms with Gasteiger partial charge in [0.1, 0.15) is 5.75 Å². The van der Waals surface area contributed by atoms with Crippen molar-refractivity contribution in [1.82, 2.24) is 9.62 Å². The molecule has 0 radical (unpaired) electrons. The second kappa shape index (κ2) is 16.2. The van der Waals surface area contributed by atoms with Gasteiger partial charge in [0, 0.05) is 69.4 Å². The molecule has 0 saturated carbocycles. The first-order valence-corrected chi connectivity index (χ1v) is 18.9. The summed E-state index contributed by atoms with van der Waals surface area (Å²) in [5.74, 6) is -1.21. The molecule has 5 aromatic rings. The van der Waals surface area contributed by atoms with Crippen LogP contribution in [0.15, 0.2) is 126 Å². The van der Waals surface area contributed by atoms with Gasteiger partial charge in [-0.1, -0.05) is 54.6 Å². The highest BCUT2D eigenvalue weighted by Crippen LogP contribution is 2.29. The van der Waals surface area contributed by atoms with E-state index in [1.165, 1.54) is 70.9 Å². The van der Waals surface area contributed by atoms with E-state index in [2.05, 4.69) is 55.7 Å². The predicted octanol–water partition coefficient (Wildman–Crippen LogP) is 7.69. The van der Waals surface area contributed by atoms with Gasteiger partial charge in [0.05, 0.1) is 4.90 Å². The van der Waals surface area contributed by atoms with E-state index in [9.17, 15) is 31.2 Å². The monoisotopic (exact) mass is 771 g/mol. The molecule has 55 heavy (non-hydrogen) atoms. The van der Waals surface area contributed by atoms with Crippen molar-refractivity contribution in [2.24, 2.45) is 0 Å². The Morgan fingerprint density at radius 2 is 1.42 bits per heavy atom. The Morgan fingerprint density at radius 1 is 0.782 bits per heavy atom. The highest BCUT2D eigenvalue weighted by Gasteiger charge is 2.31. The summed E-state index contributed by atoms with van der Waals surface area (Å²) in [6, 6.07) is 34.0. The summed E-state index contributed by atoms with van der Waals surface area (Å²) in [7, 11) is -1.35. The Balaban J connectivity index is 1.03. The van der Waals surface area contributed by atoms with Crippen LogP contribution in [-0.2, 0) is 16.6 Å². The minimum Gasteiger partial charge on any atom is -0.406 e. The number of carbonyl (C=O) groups is 2. The zero-order chi connectivity index (χ0) is 39.3. The van der Waals surface area contributed by atoms with Gasteiger partial charge in [0.15, 0.2) is 0 Å². The number of alkyl halides is 3. The van der Waals surface area contributed by atoms with E-state index < -0.39 is 34.1 Å². The first-order chi connectivity index (χ1) is 26.2. The number of nitrogens with one attached hydrogen (secondary N) is 1. The molecular weight excluding hydrogens is 732 g/mol. The normalized spacial score (nSPS) is 13.6. The van der Waals surface area contributed by atoms with E-state index in [0.717, 1.165) is 50.5 Å². The Morgan fingerprint density at radius 3 is 2.05 bits per heavy atom. The summed E-state index contributed by atoms with van der Waals surface area (Å²) in [4.78, 5) is 33.3. The summed E-state index contributed by atoms with van der Waals surface area (Å²) in [5.41, 5.74) is 5.93. The van der Waals surface area contributed by atoms with Gasteiger partial charge in [-0.05, 0) is 95.9 Å². The number of hydrogen-bond acceptors (Lipinski definition) is 7. The van der Waals surface area contributed by atoms with Crippen molar-refractivity contribution in [1.29, 1.82) is 0 Å². The maximum absolute atomic E-state index is 13.3. The van der Waals surface area contributed by atoms with E-state index >= 15 is 0 Å². The number of hydrogen-bond donors (Lipinski definition) is 1. The van der Waals surface area contributed by atoms with E-state index in [1.54, 1.807) is 19.1 Å². The summed E-state index contributed by atoms with van der Waals surface area (Å²) in [6.07, 6.45) is -4.84. The number of benzene rings is 5. The molecule has 0 atom stereocenters. The third kappa shape index (κ3) is 9.45. The van der Waals surface area contributed by atoms with Gasteiger partial charge < -0.3 is 9.64 Å². The molecule has 3 amide bonds. The number of carbonyl (C=O) groups excluding carboxylic acids is 2. The van der Waals surface area contributed by atoms with Gasteiger partial charge >= 0.3 is 12.4 Å². The molecule has 286 valence electrons. The Labute approximate surface area is 318 Å². The average molecular weight is 772 g/mol. The van der Waals surface area contributed by atoms with Gasteiger partial charge in [-0.25, -0.2) is 17.9 Å². The molecule has 6 rings (SSSR count). The lowest BCUT2D eigenvalue weighted by Gasteiger charge is -2.36. The van der Waals surface area contributed by atoms with Crippen LogP contribution >= 0.6 is 0 Å². The van der Waals surface area contributed by atoms with Gasteiger partial charge in [0.2, 0.25) is 0 Å². The molecule has 0 spiro atoms. The Kier molecular flexibility index (Phi) is 11.5. The zero-order valence-corrected chi connectivity index (χ0v) is 31.3. The van der Waals surface area contributed by atoms with Crippen molar-refractivity contribution in [3.05, 3.63) is 138 Å². The van der Waals surface area contributed by atoms with Gasteiger partial charge in [-0.2, -0.15) is 0 Å². The summed E-state index contributed by atoms with van der Waals surface area (Å²) in [6.45, 7) is 5.78. The first kappa shape index (κ1) is 38.9. The quantitative estimate of drug-likeness (QED) is 0.155. The van der Waals surface area contributed by atoms with Crippen molar-refractivity contribution >= 4 is 39.0 Å². The minimum atomic E-state index is -4.84. The zero-order valence-electron chi connectivity index (χ0n) is 30.5. The number of amides is 3. The average Bonchev–Trinajstić information content (AvgIpc) is 3.17. The predicted molar refractivity (Wildman–Crippen MR) is 207 cm³/mol. The standard InChI is InChI=1S/C41H40F3N5O5S/c1-29-27-36(21-22-38(29)47(3)40(51)46(2)33-17-19-35(20-18-33)54-41(42,43)44)55(52,53)45-39(50)31-13-15-34(16-14-31)49-25-23-48(24-26-49)28-32-11-7-8-12-37(32)30-9-5-4-6-10-30/h4-22,27H,23-26,28H2,1-3H3,(H,45,50). The molecule has 0 aliphatic carbocycles. The van der Waals surface area contributed by atoms with Crippen LogP contribution in [0.2, 0.25) is 0 Å². The molecule has 14 heteroatoms. The van der Waals surface area contributed by atoms with E-state index in [4.69, 9.17) is 0 Å². The van der Waals surface area contributed by atoms with Crippen LogP contribution in [-0.4, -0.2) is 71.9 Å². The van der Waals surface area contributed by atoms with Crippen molar-refractivity contribution in [2.75, 3.05) is 55.0 Å². The number of anilines is 3. The fraction of sp³-hybridized carbons (Fsp3) is 0.220. The van der Waals surface area contributed by atoms with Crippen molar-refractivity contribution in [3.63, 3.8) is 0 Å². The Hall–Kier alpha value is -5.86. The van der Waals surface area contributed by atoms with E-state index in [1.807, 2.05) is 30.3 Å². The van der Waals surface area contributed by atoms with Crippen LogP contribution in [0.4, 0.5) is 35.0 Å². The molecule has 1 saturated heterocycles. The highest BCUT2D eigenvalue weighted by atomic mass is 32.2. The number of ether oxygens (including phenoxy) is 1.